The Labute approximate surface area is 127 Å². The summed E-state index contributed by atoms with van der Waals surface area (Å²) in [5, 5.41) is 7.64. The lowest BCUT2D eigenvalue weighted by atomic mass is 10.2. The fourth-order valence-electron chi connectivity index (χ4n) is 3.03. The number of rotatable bonds is 4. The number of hydrogen-bond donors (Lipinski definition) is 0. The Morgan fingerprint density at radius 2 is 2.19 bits per heavy atom. The van der Waals surface area contributed by atoms with Crippen molar-refractivity contribution in [3.05, 3.63) is 39.8 Å². The molecular weight excluding hydrogens is 284 g/mol. The Morgan fingerprint density at radius 3 is 2.95 bits per heavy atom. The smallest absolute Gasteiger partial charge is 0.266 e. The normalized spacial score (nSPS) is 21.9. The average molecular weight is 302 g/mol. The zero-order valence-electron chi connectivity index (χ0n) is 11.8. The highest BCUT2D eigenvalue weighted by atomic mass is 32.1. The minimum atomic E-state index is 0.00499. The van der Waals surface area contributed by atoms with Gasteiger partial charge in [0.1, 0.15) is 0 Å². The van der Waals surface area contributed by atoms with Gasteiger partial charge in [0.25, 0.3) is 5.56 Å². The summed E-state index contributed by atoms with van der Waals surface area (Å²) in [5.74, 6) is 0.579. The lowest BCUT2D eigenvalue weighted by Crippen LogP contribution is -2.37. The van der Waals surface area contributed by atoms with Gasteiger partial charge in [-0.25, -0.2) is 9.67 Å². The zero-order chi connectivity index (χ0) is 14.2. The fourth-order valence-corrected chi connectivity index (χ4v) is 3.77. The van der Waals surface area contributed by atoms with Crippen LogP contribution in [0.1, 0.15) is 37.3 Å². The Kier molecular flexibility index (Phi) is 3.25. The number of aromatic nitrogens is 3. The van der Waals surface area contributed by atoms with Crippen molar-refractivity contribution in [3.63, 3.8) is 0 Å². The summed E-state index contributed by atoms with van der Waals surface area (Å²) in [7, 11) is 0. The molecule has 1 aliphatic heterocycles. The van der Waals surface area contributed by atoms with Crippen molar-refractivity contribution in [1.82, 2.24) is 14.8 Å². The number of nitrogens with zero attached hydrogens (tertiary/aromatic N) is 4. The van der Waals surface area contributed by atoms with Crippen molar-refractivity contribution < 1.29 is 0 Å². The van der Waals surface area contributed by atoms with Crippen LogP contribution in [-0.2, 0) is 6.54 Å². The summed E-state index contributed by atoms with van der Waals surface area (Å²) >= 11 is 1.66. The van der Waals surface area contributed by atoms with Crippen molar-refractivity contribution in [2.75, 3.05) is 11.4 Å². The maximum Gasteiger partial charge on any atom is 0.266 e. The maximum absolute atomic E-state index is 12.1. The Bertz CT molecular complexity index is 677. The topological polar surface area (TPSA) is 51.0 Å². The third-order valence-electron chi connectivity index (χ3n) is 4.31. The van der Waals surface area contributed by atoms with E-state index in [1.54, 1.807) is 22.1 Å². The van der Waals surface area contributed by atoms with E-state index in [4.69, 9.17) is 0 Å². The van der Waals surface area contributed by atoms with Gasteiger partial charge in [-0.2, -0.15) is 5.10 Å². The van der Waals surface area contributed by atoms with Crippen molar-refractivity contribution in [2.24, 2.45) is 0 Å². The molecule has 4 rings (SSSR count). The molecular formula is C15H18N4OS. The molecule has 1 atom stereocenters. The van der Waals surface area contributed by atoms with Crippen LogP contribution in [0, 0.1) is 0 Å². The monoisotopic (exact) mass is 302 g/mol. The van der Waals surface area contributed by atoms with E-state index in [-0.39, 0.29) is 5.56 Å². The van der Waals surface area contributed by atoms with Crippen LogP contribution in [0.15, 0.2) is 28.5 Å². The van der Waals surface area contributed by atoms with Crippen LogP contribution in [0.3, 0.4) is 0 Å². The van der Waals surface area contributed by atoms with Gasteiger partial charge < -0.3 is 4.90 Å². The summed E-state index contributed by atoms with van der Waals surface area (Å²) in [6, 6.07) is 3.89. The minimum absolute atomic E-state index is 0.00499. The van der Waals surface area contributed by atoms with Gasteiger partial charge >= 0.3 is 0 Å². The Morgan fingerprint density at radius 1 is 1.29 bits per heavy atom. The van der Waals surface area contributed by atoms with Crippen LogP contribution in [0.5, 0.6) is 0 Å². The van der Waals surface area contributed by atoms with E-state index in [1.165, 1.54) is 12.8 Å². The molecule has 2 fully saturated rings. The molecule has 0 N–H and O–H groups in total. The third-order valence-corrected chi connectivity index (χ3v) is 5.12. The van der Waals surface area contributed by atoms with Gasteiger partial charge in [-0.05, 0) is 31.7 Å². The number of hydrogen-bond acceptors (Lipinski definition) is 5. The maximum atomic E-state index is 12.1. The highest BCUT2D eigenvalue weighted by Gasteiger charge is 2.29. The quantitative estimate of drug-likeness (QED) is 0.869. The molecule has 0 spiro atoms. The summed E-state index contributed by atoms with van der Waals surface area (Å²) in [4.78, 5) is 18.8. The highest BCUT2D eigenvalue weighted by Crippen LogP contribution is 2.38. The standard InChI is InChI=1S/C15H18N4OS/c20-14-6-5-13(11-3-4-11)17-19(14)10-12-2-1-8-18(12)15-16-7-9-21-15/h5-7,9,11-12H,1-4,8,10H2. The van der Waals surface area contributed by atoms with E-state index in [0.29, 0.717) is 18.5 Å². The van der Waals surface area contributed by atoms with Crippen molar-refractivity contribution in [2.45, 2.75) is 44.2 Å². The van der Waals surface area contributed by atoms with Gasteiger partial charge in [0, 0.05) is 30.1 Å². The van der Waals surface area contributed by atoms with Crippen molar-refractivity contribution in [3.8, 4) is 0 Å². The highest BCUT2D eigenvalue weighted by molar-refractivity contribution is 7.13. The van der Waals surface area contributed by atoms with E-state index in [1.807, 2.05) is 17.6 Å². The molecule has 2 aliphatic rings. The van der Waals surface area contributed by atoms with E-state index < -0.39 is 0 Å². The van der Waals surface area contributed by atoms with Gasteiger partial charge in [-0.15, -0.1) is 11.3 Å². The van der Waals surface area contributed by atoms with Crippen LogP contribution >= 0.6 is 11.3 Å². The van der Waals surface area contributed by atoms with E-state index in [9.17, 15) is 4.79 Å². The largest absolute Gasteiger partial charge is 0.343 e. The molecule has 21 heavy (non-hydrogen) atoms. The molecule has 0 bridgehead atoms. The minimum Gasteiger partial charge on any atom is -0.343 e. The second-order valence-electron chi connectivity index (χ2n) is 5.86. The average Bonchev–Trinajstić information content (AvgIpc) is 3.00. The van der Waals surface area contributed by atoms with Crippen LogP contribution < -0.4 is 10.5 Å². The summed E-state index contributed by atoms with van der Waals surface area (Å²) in [5.41, 5.74) is 1.08. The molecule has 6 heteroatoms. The van der Waals surface area contributed by atoms with Crippen LogP contribution in [0.4, 0.5) is 5.13 Å². The molecule has 0 radical (unpaired) electrons. The van der Waals surface area contributed by atoms with Gasteiger partial charge in [0.2, 0.25) is 0 Å². The first kappa shape index (κ1) is 13.0. The summed E-state index contributed by atoms with van der Waals surface area (Å²) in [6.45, 7) is 1.69. The predicted molar refractivity (Wildman–Crippen MR) is 83.0 cm³/mol. The van der Waals surface area contributed by atoms with E-state index in [0.717, 1.165) is 30.2 Å². The van der Waals surface area contributed by atoms with Gasteiger partial charge in [-0.1, -0.05) is 0 Å². The second kappa shape index (κ2) is 5.26. The lowest BCUT2D eigenvalue weighted by Gasteiger charge is -2.24. The zero-order valence-corrected chi connectivity index (χ0v) is 12.6. The molecule has 110 valence electrons. The Hall–Kier alpha value is -1.69. The molecule has 1 saturated heterocycles. The molecule has 3 heterocycles. The molecule has 0 aromatic carbocycles. The first-order valence-corrected chi connectivity index (χ1v) is 8.43. The first-order valence-electron chi connectivity index (χ1n) is 7.55. The van der Waals surface area contributed by atoms with Crippen molar-refractivity contribution >= 4 is 16.5 Å². The SMILES string of the molecule is O=c1ccc(C2CC2)nn1CC1CCCN1c1nccs1. The van der Waals surface area contributed by atoms with E-state index in [2.05, 4.69) is 15.0 Å². The van der Waals surface area contributed by atoms with Crippen molar-refractivity contribution in [1.29, 1.82) is 0 Å². The second-order valence-corrected chi connectivity index (χ2v) is 6.73. The van der Waals surface area contributed by atoms with Crippen LogP contribution in [0.25, 0.3) is 0 Å². The molecule has 1 unspecified atom stereocenters. The summed E-state index contributed by atoms with van der Waals surface area (Å²) < 4.78 is 1.66. The number of thiazole rings is 1. The van der Waals surface area contributed by atoms with Gasteiger partial charge in [-0.3, -0.25) is 4.79 Å². The van der Waals surface area contributed by atoms with Gasteiger partial charge in [0.05, 0.1) is 18.3 Å². The lowest BCUT2D eigenvalue weighted by molar-refractivity contribution is 0.482. The molecule has 2 aromatic rings. The van der Waals surface area contributed by atoms with Crippen LogP contribution in [-0.4, -0.2) is 27.4 Å². The van der Waals surface area contributed by atoms with Gasteiger partial charge in [0.15, 0.2) is 5.13 Å². The molecule has 5 nitrogen and oxygen atoms in total. The first-order chi connectivity index (χ1) is 10.3. The predicted octanol–water partition coefficient (Wildman–Crippen LogP) is 2.25. The van der Waals surface area contributed by atoms with E-state index >= 15 is 0 Å². The molecule has 0 amide bonds. The van der Waals surface area contributed by atoms with Crippen LogP contribution in [0.2, 0.25) is 0 Å². The fraction of sp³-hybridized carbons (Fsp3) is 0.533. The Balaban J connectivity index is 1.57. The molecule has 1 aliphatic carbocycles. The third kappa shape index (κ3) is 2.60. The number of anilines is 1. The molecule has 2 aromatic heterocycles. The summed E-state index contributed by atoms with van der Waals surface area (Å²) in [6.07, 6.45) is 6.51. The molecule has 1 saturated carbocycles.